The van der Waals surface area contributed by atoms with Crippen LogP contribution in [0, 0.1) is 11.8 Å². The van der Waals surface area contributed by atoms with Gasteiger partial charge in [-0.2, -0.15) is 0 Å². The first kappa shape index (κ1) is 14.7. The summed E-state index contributed by atoms with van der Waals surface area (Å²) in [6, 6.07) is 9.78. The molecule has 0 unspecified atom stereocenters. The summed E-state index contributed by atoms with van der Waals surface area (Å²) >= 11 is 0. The van der Waals surface area contributed by atoms with E-state index in [0.717, 1.165) is 11.8 Å². The maximum Gasteiger partial charge on any atom is 0.0367 e. The molecule has 0 radical (unpaired) electrons. The van der Waals surface area contributed by atoms with Gasteiger partial charge in [-0.3, -0.25) is 0 Å². The van der Waals surface area contributed by atoms with Crippen LogP contribution < -0.4 is 10.2 Å². The Bertz CT molecular complexity index is 423. The number of nitrogens with one attached hydrogen (secondary N) is 1. The lowest BCUT2D eigenvalue weighted by molar-refractivity contribution is 0.267. The van der Waals surface area contributed by atoms with Crippen LogP contribution in [-0.4, -0.2) is 19.1 Å². The zero-order valence-electron chi connectivity index (χ0n) is 13.6. The van der Waals surface area contributed by atoms with E-state index in [1.54, 1.807) is 0 Å². The van der Waals surface area contributed by atoms with E-state index in [1.165, 1.54) is 63.0 Å². The fraction of sp³-hybridized carbons (Fsp3) is 0.684. The minimum Gasteiger partial charge on any atom is -0.382 e. The zero-order valence-corrected chi connectivity index (χ0v) is 13.6. The molecule has 3 rings (SSSR count). The van der Waals surface area contributed by atoms with Crippen molar-refractivity contribution in [1.82, 2.24) is 0 Å². The van der Waals surface area contributed by atoms with Gasteiger partial charge in [-0.1, -0.05) is 13.8 Å². The third-order valence-corrected chi connectivity index (χ3v) is 5.42. The van der Waals surface area contributed by atoms with Crippen molar-refractivity contribution in [2.45, 2.75) is 58.4 Å². The van der Waals surface area contributed by atoms with Crippen molar-refractivity contribution in [2.75, 3.05) is 23.3 Å². The summed E-state index contributed by atoms with van der Waals surface area (Å²) < 4.78 is 0. The van der Waals surface area contributed by atoms with Crippen LogP contribution in [0.2, 0.25) is 0 Å². The molecule has 0 aromatic heterocycles. The molecule has 2 fully saturated rings. The van der Waals surface area contributed by atoms with Crippen LogP contribution in [0.4, 0.5) is 11.4 Å². The van der Waals surface area contributed by atoms with Crippen molar-refractivity contribution in [3.8, 4) is 0 Å². The maximum absolute atomic E-state index is 3.74. The Morgan fingerprint density at radius 3 is 2.14 bits per heavy atom. The summed E-state index contributed by atoms with van der Waals surface area (Å²) in [6.07, 6.45) is 8.13. The summed E-state index contributed by atoms with van der Waals surface area (Å²) in [4.78, 5) is 2.50. The van der Waals surface area contributed by atoms with Crippen LogP contribution >= 0.6 is 0 Å². The number of anilines is 2. The van der Waals surface area contributed by atoms with Gasteiger partial charge in [-0.15, -0.1) is 0 Å². The quantitative estimate of drug-likeness (QED) is 0.845. The molecule has 1 aliphatic heterocycles. The molecule has 0 bridgehead atoms. The molecule has 2 heteroatoms. The van der Waals surface area contributed by atoms with Gasteiger partial charge >= 0.3 is 0 Å². The van der Waals surface area contributed by atoms with Crippen molar-refractivity contribution in [1.29, 1.82) is 0 Å². The van der Waals surface area contributed by atoms with Gasteiger partial charge in [-0.25, -0.2) is 0 Å². The van der Waals surface area contributed by atoms with Crippen LogP contribution in [0.3, 0.4) is 0 Å². The van der Waals surface area contributed by atoms with E-state index >= 15 is 0 Å². The molecule has 1 aromatic rings. The lowest BCUT2D eigenvalue weighted by atomic mass is 9.79. The first-order valence-electron chi connectivity index (χ1n) is 8.84. The topological polar surface area (TPSA) is 15.3 Å². The van der Waals surface area contributed by atoms with Gasteiger partial charge in [0.05, 0.1) is 0 Å². The molecular weight excluding hydrogens is 256 g/mol. The van der Waals surface area contributed by atoms with E-state index in [1.807, 2.05) is 0 Å². The molecule has 0 spiro atoms. The van der Waals surface area contributed by atoms with Crippen LogP contribution in [0.1, 0.15) is 52.4 Å². The van der Waals surface area contributed by atoms with Crippen LogP contribution in [-0.2, 0) is 0 Å². The van der Waals surface area contributed by atoms with E-state index in [4.69, 9.17) is 0 Å². The van der Waals surface area contributed by atoms with E-state index in [9.17, 15) is 0 Å². The van der Waals surface area contributed by atoms with Gasteiger partial charge in [-0.05, 0) is 74.6 Å². The van der Waals surface area contributed by atoms with Crippen molar-refractivity contribution in [2.24, 2.45) is 11.8 Å². The highest BCUT2D eigenvalue weighted by atomic mass is 15.1. The molecule has 21 heavy (non-hydrogen) atoms. The van der Waals surface area contributed by atoms with Crippen molar-refractivity contribution >= 4 is 11.4 Å². The smallest absolute Gasteiger partial charge is 0.0367 e. The lowest BCUT2D eigenvalue weighted by Gasteiger charge is -2.32. The zero-order chi connectivity index (χ0) is 14.7. The minimum absolute atomic E-state index is 0.678. The van der Waals surface area contributed by atoms with Gasteiger partial charge in [0.1, 0.15) is 0 Å². The first-order valence-corrected chi connectivity index (χ1v) is 8.84. The summed E-state index contributed by atoms with van der Waals surface area (Å²) in [6.45, 7) is 7.20. The summed E-state index contributed by atoms with van der Waals surface area (Å²) in [5.74, 6) is 1.80. The second kappa shape index (κ2) is 6.72. The highest BCUT2D eigenvalue weighted by molar-refractivity contribution is 5.55. The molecule has 116 valence electrons. The number of nitrogens with zero attached hydrogens (tertiary/aromatic N) is 1. The average Bonchev–Trinajstić information content (AvgIpc) is 3.03. The molecule has 1 aromatic carbocycles. The van der Waals surface area contributed by atoms with Gasteiger partial charge in [0, 0.05) is 30.5 Å². The van der Waals surface area contributed by atoms with Crippen LogP contribution in [0.25, 0.3) is 0 Å². The van der Waals surface area contributed by atoms with Gasteiger partial charge in [0.25, 0.3) is 0 Å². The van der Waals surface area contributed by atoms with Gasteiger partial charge in [0.15, 0.2) is 0 Å². The Kier molecular flexibility index (Phi) is 4.72. The molecule has 1 N–H and O–H groups in total. The number of hydrogen-bond donors (Lipinski definition) is 1. The van der Waals surface area contributed by atoms with E-state index in [-0.39, 0.29) is 0 Å². The molecule has 1 saturated carbocycles. The highest BCUT2D eigenvalue weighted by Gasteiger charge is 2.23. The SMILES string of the molecule is CC(C)C1CCC(Nc2ccc(N3CCCC3)cc2)CC1. The second-order valence-corrected chi connectivity index (χ2v) is 7.24. The maximum atomic E-state index is 3.74. The number of hydrogen-bond acceptors (Lipinski definition) is 2. The second-order valence-electron chi connectivity index (χ2n) is 7.24. The molecule has 1 aliphatic carbocycles. The number of benzene rings is 1. The van der Waals surface area contributed by atoms with Crippen LogP contribution in [0.5, 0.6) is 0 Å². The fourth-order valence-corrected chi connectivity index (χ4v) is 3.91. The molecule has 2 aliphatic rings. The Morgan fingerprint density at radius 1 is 0.952 bits per heavy atom. The highest BCUT2D eigenvalue weighted by Crippen LogP contribution is 2.31. The minimum atomic E-state index is 0.678. The molecular formula is C19H30N2. The number of rotatable bonds is 4. The predicted molar refractivity (Wildman–Crippen MR) is 92.1 cm³/mol. The molecule has 2 nitrogen and oxygen atoms in total. The normalized spacial score (nSPS) is 26.3. The molecule has 0 atom stereocenters. The summed E-state index contributed by atoms with van der Waals surface area (Å²) in [7, 11) is 0. The Morgan fingerprint density at radius 2 is 1.57 bits per heavy atom. The first-order chi connectivity index (χ1) is 10.2. The van der Waals surface area contributed by atoms with Gasteiger partial charge in [0.2, 0.25) is 0 Å². The molecule has 1 saturated heterocycles. The van der Waals surface area contributed by atoms with Crippen molar-refractivity contribution in [3.05, 3.63) is 24.3 Å². The van der Waals surface area contributed by atoms with Crippen LogP contribution in [0.15, 0.2) is 24.3 Å². The molecule has 1 heterocycles. The lowest BCUT2D eigenvalue weighted by Crippen LogP contribution is -2.27. The molecule has 0 amide bonds. The monoisotopic (exact) mass is 286 g/mol. The van der Waals surface area contributed by atoms with Gasteiger partial charge < -0.3 is 10.2 Å². The summed E-state index contributed by atoms with van der Waals surface area (Å²) in [5.41, 5.74) is 2.69. The average molecular weight is 286 g/mol. The van der Waals surface area contributed by atoms with E-state index in [0.29, 0.717) is 6.04 Å². The van der Waals surface area contributed by atoms with E-state index < -0.39 is 0 Å². The Hall–Kier alpha value is -1.18. The summed E-state index contributed by atoms with van der Waals surface area (Å²) in [5, 5.41) is 3.74. The third kappa shape index (κ3) is 3.72. The Balaban J connectivity index is 1.51. The third-order valence-electron chi connectivity index (χ3n) is 5.42. The Labute approximate surface area is 129 Å². The van der Waals surface area contributed by atoms with Crippen molar-refractivity contribution < 1.29 is 0 Å². The van der Waals surface area contributed by atoms with Crippen molar-refractivity contribution in [3.63, 3.8) is 0 Å². The largest absolute Gasteiger partial charge is 0.382 e. The van der Waals surface area contributed by atoms with E-state index in [2.05, 4.69) is 48.3 Å². The predicted octanol–water partition coefficient (Wildman–Crippen LogP) is 4.91. The fourth-order valence-electron chi connectivity index (χ4n) is 3.91. The standard InChI is InChI=1S/C19H30N2/c1-15(2)16-5-7-17(8-6-16)20-18-9-11-19(12-10-18)21-13-3-4-14-21/h9-12,15-17,20H,3-8,13-14H2,1-2H3.